The summed E-state index contributed by atoms with van der Waals surface area (Å²) in [5.74, 6) is 5.65. The van der Waals surface area contributed by atoms with Crippen LogP contribution in [0.2, 0.25) is 0 Å². The molecule has 0 saturated carbocycles. The van der Waals surface area contributed by atoms with Gasteiger partial charge in [0.2, 0.25) is 0 Å². The van der Waals surface area contributed by atoms with Crippen molar-refractivity contribution in [1.82, 2.24) is 5.01 Å². The molecule has 0 aliphatic heterocycles. The molecule has 3 nitrogen and oxygen atoms in total. The predicted molar refractivity (Wildman–Crippen MR) is 58.2 cm³/mol. The zero-order valence-electron chi connectivity index (χ0n) is 8.75. The number of nitrogens with zero attached hydrogens (tertiary/aromatic N) is 2. The summed E-state index contributed by atoms with van der Waals surface area (Å²) < 4.78 is 0. The normalized spacial score (nSPS) is 10.2. The second-order valence-corrected chi connectivity index (χ2v) is 3.15. The van der Waals surface area contributed by atoms with Gasteiger partial charge < -0.3 is 5.01 Å². The van der Waals surface area contributed by atoms with Crippen LogP contribution in [-0.2, 0) is 0 Å². The molecular formula is C10H19N3. The molecule has 0 amide bonds. The van der Waals surface area contributed by atoms with Gasteiger partial charge in [-0.3, -0.25) is 4.99 Å². The maximum Gasteiger partial charge on any atom is 0.0543 e. The van der Waals surface area contributed by atoms with Gasteiger partial charge in [-0.05, 0) is 20.3 Å². The van der Waals surface area contributed by atoms with Gasteiger partial charge in [-0.15, -0.1) is 0 Å². The summed E-state index contributed by atoms with van der Waals surface area (Å²) in [4.78, 5) is 4.08. The van der Waals surface area contributed by atoms with E-state index in [4.69, 9.17) is 5.84 Å². The predicted octanol–water partition coefficient (Wildman–Crippen LogP) is 2.08. The van der Waals surface area contributed by atoms with Crippen molar-refractivity contribution in [2.45, 2.75) is 27.2 Å². The Morgan fingerprint density at radius 3 is 2.62 bits per heavy atom. The zero-order chi connectivity index (χ0) is 10.3. The maximum atomic E-state index is 5.65. The highest BCUT2D eigenvalue weighted by Gasteiger charge is 1.93. The van der Waals surface area contributed by atoms with Crippen molar-refractivity contribution in [3.05, 3.63) is 24.6 Å². The van der Waals surface area contributed by atoms with Crippen LogP contribution in [0.15, 0.2) is 29.5 Å². The lowest BCUT2D eigenvalue weighted by Crippen LogP contribution is -2.26. The quantitative estimate of drug-likeness (QED) is 0.305. The Bertz CT molecular complexity index is 212. The lowest BCUT2D eigenvalue weighted by Gasteiger charge is -2.13. The number of nitrogens with two attached hydrogens (primary N) is 1. The van der Waals surface area contributed by atoms with Crippen LogP contribution in [0.25, 0.3) is 0 Å². The lowest BCUT2D eigenvalue weighted by molar-refractivity contribution is 0.423. The highest BCUT2D eigenvalue weighted by Crippen LogP contribution is 1.97. The Hall–Kier alpha value is -1.09. The first-order chi connectivity index (χ1) is 6.06. The Morgan fingerprint density at radius 1 is 1.54 bits per heavy atom. The molecule has 0 heterocycles. The molecule has 74 valence electrons. The molecule has 0 spiro atoms. The number of hydrazine groups is 1. The van der Waals surface area contributed by atoms with E-state index < -0.39 is 0 Å². The van der Waals surface area contributed by atoms with Gasteiger partial charge in [0.1, 0.15) is 0 Å². The molecule has 0 saturated heterocycles. The summed E-state index contributed by atoms with van der Waals surface area (Å²) in [6, 6.07) is 0. The molecular weight excluding hydrogens is 162 g/mol. The molecule has 0 atom stereocenters. The molecule has 2 N–H and O–H groups in total. The highest BCUT2D eigenvalue weighted by atomic mass is 15.4. The molecule has 0 aliphatic carbocycles. The molecule has 0 aromatic carbocycles. The van der Waals surface area contributed by atoms with Gasteiger partial charge >= 0.3 is 0 Å². The van der Waals surface area contributed by atoms with Crippen LogP contribution in [0.5, 0.6) is 0 Å². The summed E-state index contributed by atoms with van der Waals surface area (Å²) in [6.07, 6.45) is 4.39. The van der Waals surface area contributed by atoms with Crippen LogP contribution in [0, 0.1) is 0 Å². The Morgan fingerprint density at radius 2 is 2.15 bits per heavy atom. The molecule has 0 aromatic rings. The van der Waals surface area contributed by atoms with Crippen LogP contribution in [0.4, 0.5) is 0 Å². The summed E-state index contributed by atoms with van der Waals surface area (Å²) >= 11 is 0. The monoisotopic (exact) mass is 181 g/mol. The highest BCUT2D eigenvalue weighted by molar-refractivity contribution is 5.79. The average Bonchev–Trinajstić information content (AvgIpc) is 2.03. The molecule has 0 fully saturated rings. The van der Waals surface area contributed by atoms with Gasteiger partial charge in [-0.1, -0.05) is 19.1 Å². The second kappa shape index (κ2) is 6.43. The van der Waals surface area contributed by atoms with Crippen molar-refractivity contribution in [3.8, 4) is 0 Å². The fourth-order valence-electron chi connectivity index (χ4n) is 0.691. The number of aliphatic imine (C=N–C) groups is 1. The van der Waals surface area contributed by atoms with E-state index in [-0.39, 0.29) is 0 Å². The third kappa shape index (κ3) is 7.28. The summed E-state index contributed by atoms with van der Waals surface area (Å²) in [6.45, 7) is 10.5. The minimum Gasteiger partial charge on any atom is -0.313 e. The summed E-state index contributed by atoms with van der Waals surface area (Å²) in [5.41, 5.74) is 2.13. The van der Waals surface area contributed by atoms with Gasteiger partial charge in [0, 0.05) is 18.1 Å². The number of hydrogen-bond acceptors (Lipinski definition) is 3. The van der Waals surface area contributed by atoms with E-state index in [0.29, 0.717) is 6.54 Å². The SMILES string of the molecule is C=C(CC)CN(N)C=CN=C(C)C. The first kappa shape index (κ1) is 11.9. The van der Waals surface area contributed by atoms with E-state index in [2.05, 4.69) is 18.5 Å². The van der Waals surface area contributed by atoms with E-state index in [1.165, 1.54) is 0 Å². The molecule has 0 radical (unpaired) electrons. The lowest BCUT2D eigenvalue weighted by atomic mass is 10.2. The van der Waals surface area contributed by atoms with Crippen LogP contribution < -0.4 is 5.84 Å². The first-order valence-electron chi connectivity index (χ1n) is 4.42. The average molecular weight is 181 g/mol. The molecule has 3 heteroatoms. The number of rotatable bonds is 5. The molecule has 13 heavy (non-hydrogen) atoms. The van der Waals surface area contributed by atoms with E-state index in [9.17, 15) is 0 Å². The van der Waals surface area contributed by atoms with Crippen molar-refractivity contribution < 1.29 is 0 Å². The number of hydrogen-bond donors (Lipinski definition) is 1. The van der Waals surface area contributed by atoms with Crippen molar-refractivity contribution in [1.29, 1.82) is 0 Å². The third-order valence-electron chi connectivity index (χ3n) is 1.50. The van der Waals surface area contributed by atoms with E-state index in [0.717, 1.165) is 17.7 Å². The Kier molecular flexibility index (Phi) is 5.89. The third-order valence-corrected chi connectivity index (χ3v) is 1.50. The Balaban J connectivity index is 3.87. The van der Waals surface area contributed by atoms with Crippen molar-refractivity contribution in [2.24, 2.45) is 10.8 Å². The standard InChI is InChI=1S/C10H19N3/c1-5-10(4)8-13(11)7-6-12-9(2)3/h6-7H,4-5,8,11H2,1-3H3. The van der Waals surface area contributed by atoms with Gasteiger partial charge in [0.05, 0.1) is 6.54 Å². The smallest absolute Gasteiger partial charge is 0.0543 e. The first-order valence-corrected chi connectivity index (χ1v) is 4.42. The minimum absolute atomic E-state index is 0.686. The minimum atomic E-state index is 0.686. The van der Waals surface area contributed by atoms with Gasteiger partial charge in [0.25, 0.3) is 0 Å². The van der Waals surface area contributed by atoms with Crippen LogP contribution in [-0.4, -0.2) is 17.3 Å². The van der Waals surface area contributed by atoms with Gasteiger partial charge in [0.15, 0.2) is 0 Å². The molecule has 0 aromatic heterocycles. The molecule has 0 bridgehead atoms. The largest absolute Gasteiger partial charge is 0.313 e. The van der Waals surface area contributed by atoms with Crippen molar-refractivity contribution >= 4 is 5.71 Å². The topological polar surface area (TPSA) is 41.6 Å². The van der Waals surface area contributed by atoms with Gasteiger partial charge in [-0.2, -0.15) is 0 Å². The van der Waals surface area contributed by atoms with Crippen molar-refractivity contribution in [3.63, 3.8) is 0 Å². The molecule has 0 unspecified atom stereocenters. The van der Waals surface area contributed by atoms with E-state index in [1.54, 1.807) is 17.4 Å². The fraction of sp³-hybridized carbons (Fsp3) is 0.500. The second-order valence-electron chi connectivity index (χ2n) is 3.15. The Labute approximate surface area is 80.6 Å². The van der Waals surface area contributed by atoms with Crippen LogP contribution in [0.1, 0.15) is 27.2 Å². The summed E-state index contributed by atoms with van der Waals surface area (Å²) in [5, 5.41) is 1.58. The van der Waals surface area contributed by atoms with Crippen molar-refractivity contribution in [2.75, 3.05) is 6.54 Å². The van der Waals surface area contributed by atoms with Crippen LogP contribution in [0.3, 0.4) is 0 Å². The molecule has 0 rings (SSSR count). The van der Waals surface area contributed by atoms with Gasteiger partial charge in [-0.25, -0.2) is 5.84 Å². The fourth-order valence-corrected chi connectivity index (χ4v) is 0.691. The maximum absolute atomic E-state index is 5.65. The molecule has 0 aliphatic rings. The van der Waals surface area contributed by atoms with Crippen LogP contribution >= 0.6 is 0 Å². The van der Waals surface area contributed by atoms with E-state index >= 15 is 0 Å². The zero-order valence-corrected chi connectivity index (χ0v) is 8.75. The van der Waals surface area contributed by atoms with E-state index in [1.807, 2.05) is 13.8 Å². The summed E-state index contributed by atoms with van der Waals surface area (Å²) in [7, 11) is 0.